The number of piperidine rings is 1. The number of likely N-dealkylation sites (tertiary alicyclic amines) is 1. The molecule has 12 nitrogen and oxygen atoms in total. The van der Waals surface area contributed by atoms with Crippen LogP contribution in [0.15, 0.2) is 72.8 Å². The van der Waals surface area contributed by atoms with Crippen LogP contribution in [0.1, 0.15) is 52.5 Å². The highest BCUT2D eigenvalue weighted by Crippen LogP contribution is 2.35. The van der Waals surface area contributed by atoms with Gasteiger partial charge in [-0.15, -0.1) is 0 Å². The molecule has 0 unspecified atom stereocenters. The van der Waals surface area contributed by atoms with Gasteiger partial charge in [-0.2, -0.15) is 8.42 Å². The van der Waals surface area contributed by atoms with E-state index in [9.17, 15) is 22.8 Å². The van der Waals surface area contributed by atoms with Gasteiger partial charge in [0, 0.05) is 25.4 Å². The lowest BCUT2D eigenvalue weighted by Crippen LogP contribution is -2.35. The summed E-state index contributed by atoms with van der Waals surface area (Å²) in [5.41, 5.74) is 4.80. The van der Waals surface area contributed by atoms with Gasteiger partial charge in [0.05, 0.1) is 30.5 Å². The molecule has 3 aromatic carbocycles. The number of benzene rings is 3. The van der Waals surface area contributed by atoms with E-state index in [1.54, 1.807) is 12.1 Å². The van der Waals surface area contributed by atoms with E-state index in [0.717, 1.165) is 67.5 Å². The van der Waals surface area contributed by atoms with Crippen molar-refractivity contribution in [1.82, 2.24) is 9.47 Å². The number of carbonyl (C=O) groups is 3. The van der Waals surface area contributed by atoms with Gasteiger partial charge in [0.1, 0.15) is 5.56 Å². The lowest BCUT2D eigenvalue weighted by Gasteiger charge is -2.31. The Morgan fingerprint density at radius 1 is 0.878 bits per heavy atom. The average Bonchev–Trinajstić information content (AvgIpc) is 3.42. The van der Waals surface area contributed by atoms with Crippen LogP contribution >= 0.6 is 0 Å². The molecule has 0 saturated carbocycles. The van der Waals surface area contributed by atoms with Crippen LogP contribution in [0.4, 0.5) is 0 Å². The Kier molecular flexibility index (Phi) is 11.7. The molecule has 0 radical (unpaired) electrons. The van der Waals surface area contributed by atoms with E-state index < -0.39 is 28.8 Å². The number of nitrogens with zero attached hydrogens (tertiary/aromatic N) is 2. The van der Waals surface area contributed by atoms with Gasteiger partial charge in [-0.05, 0) is 67.1 Å². The van der Waals surface area contributed by atoms with Crippen LogP contribution in [0, 0.1) is 5.92 Å². The maximum atomic E-state index is 13.2. The van der Waals surface area contributed by atoms with Gasteiger partial charge in [-0.3, -0.25) is 14.2 Å². The van der Waals surface area contributed by atoms with Crippen molar-refractivity contribution in [3.63, 3.8) is 0 Å². The fourth-order valence-corrected chi connectivity index (χ4v) is 6.02. The number of aryl methyl sites for hydroxylation is 1. The summed E-state index contributed by atoms with van der Waals surface area (Å²) in [5.74, 6) is -0.413. The van der Waals surface area contributed by atoms with Gasteiger partial charge in [-0.25, -0.2) is 9.59 Å². The SMILES string of the molecule is CC(=O)OCOC(=O)c1ccccc1-c1ccc(CN2CCC(COC(=O)c3c4n(c5ccccc35)CCCO4)CC2)cc1.CS(=O)(=O)O. The maximum Gasteiger partial charge on any atom is 0.344 e. The summed E-state index contributed by atoms with van der Waals surface area (Å²) < 4.78 is 49.6. The van der Waals surface area contributed by atoms with E-state index in [4.69, 9.17) is 23.5 Å². The molecule has 2 aliphatic heterocycles. The minimum absolute atomic E-state index is 0.307. The first-order valence-electron chi connectivity index (χ1n) is 16.0. The minimum atomic E-state index is -3.67. The van der Waals surface area contributed by atoms with Crippen molar-refractivity contribution in [3.8, 4) is 17.0 Å². The van der Waals surface area contributed by atoms with E-state index in [1.165, 1.54) is 12.5 Å². The summed E-state index contributed by atoms with van der Waals surface area (Å²) in [4.78, 5) is 39.2. The lowest BCUT2D eigenvalue weighted by atomic mass is 9.96. The van der Waals surface area contributed by atoms with Gasteiger partial charge in [0.2, 0.25) is 12.7 Å². The summed E-state index contributed by atoms with van der Waals surface area (Å²) in [6.07, 6.45) is 3.55. The molecular weight excluding hydrogens is 652 g/mol. The van der Waals surface area contributed by atoms with E-state index in [0.29, 0.717) is 42.4 Å². The Hall–Kier alpha value is -4.72. The van der Waals surface area contributed by atoms with Crippen molar-refractivity contribution in [1.29, 1.82) is 0 Å². The molecule has 0 atom stereocenters. The van der Waals surface area contributed by atoms with Gasteiger partial charge in [-0.1, -0.05) is 60.7 Å². The molecule has 0 spiro atoms. The first kappa shape index (κ1) is 35.6. The summed E-state index contributed by atoms with van der Waals surface area (Å²) in [5, 5.41) is 0.887. The van der Waals surface area contributed by atoms with Crippen LogP contribution in [-0.2, 0) is 42.2 Å². The Bertz CT molecular complexity index is 1890. The Morgan fingerprint density at radius 3 is 2.27 bits per heavy atom. The largest absolute Gasteiger partial charge is 0.478 e. The molecule has 1 N–H and O–H groups in total. The second-order valence-electron chi connectivity index (χ2n) is 12.0. The summed E-state index contributed by atoms with van der Waals surface area (Å²) >= 11 is 0. The van der Waals surface area contributed by atoms with E-state index in [-0.39, 0.29) is 5.97 Å². The molecule has 13 heteroatoms. The van der Waals surface area contributed by atoms with Gasteiger partial charge >= 0.3 is 17.9 Å². The van der Waals surface area contributed by atoms with Crippen molar-refractivity contribution in [2.45, 2.75) is 39.3 Å². The molecule has 1 fully saturated rings. The molecule has 1 saturated heterocycles. The second-order valence-corrected chi connectivity index (χ2v) is 13.5. The number of hydrogen-bond acceptors (Lipinski definition) is 10. The van der Waals surface area contributed by atoms with Crippen LogP contribution in [0.5, 0.6) is 5.88 Å². The van der Waals surface area contributed by atoms with Crippen molar-refractivity contribution in [3.05, 3.63) is 89.5 Å². The zero-order chi connectivity index (χ0) is 35.0. The Labute approximate surface area is 285 Å². The molecule has 6 rings (SSSR count). The number of esters is 3. The maximum absolute atomic E-state index is 13.2. The number of ether oxygens (including phenoxy) is 4. The lowest BCUT2D eigenvalue weighted by molar-refractivity contribution is -0.149. The third kappa shape index (κ3) is 9.68. The van der Waals surface area contributed by atoms with Crippen LogP contribution in [-0.4, -0.2) is 79.7 Å². The van der Waals surface area contributed by atoms with E-state index >= 15 is 0 Å². The molecule has 3 heterocycles. The minimum Gasteiger partial charge on any atom is -0.478 e. The second kappa shape index (κ2) is 16.1. The number of hydrogen-bond donors (Lipinski definition) is 1. The van der Waals surface area contributed by atoms with Crippen molar-refractivity contribution in [2.75, 3.05) is 39.4 Å². The van der Waals surface area contributed by atoms with Crippen molar-refractivity contribution < 1.29 is 46.3 Å². The number of para-hydroxylation sites is 1. The third-order valence-corrected chi connectivity index (χ3v) is 8.32. The first-order valence-corrected chi connectivity index (χ1v) is 17.9. The van der Waals surface area contributed by atoms with Crippen LogP contribution < -0.4 is 4.74 Å². The third-order valence-electron chi connectivity index (χ3n) is 8.32. The highest BCUT2D eigenvalue weighted by molar-refractivity contribution is 7.85. The van der Waals surface area contributed by atoms with Gasteiger partial charge in [0.25, 0.3) is 10.1 Å². The van der Waals surface area contributed by atoms with Crippen LogP contribution in [0.25, 0.3) is 22.0 Å². The first-order chi connectivity index (χ1) is 23.5. The predicted octanol–water partition coefficient (Wildman–Crippen LogP) is 5.34. The van der Waals surface area contributed by atoms with Crippen molar-refractivity contribution >= 4 is 38.9 Å². The number of aromatic nitrogens is 1. The zero-order valence-corrected chi connectivity index (χ0v) is 28.3. The molecule has 0 aliphatic carbocycles. The molecule has 260 valence electrons. The highest BCUT2D eigenvalue weighted by atomic mass is 32.2. The van der Waals surface area contributed by atoms with Crippen LogP contribution in [0.2, 0.25) is 0 Å². The smallest absolute Gasteiger partial charge is 0.344 e. The van der Waals surface area contributed by atoms with E-state index in [2.05, 4.69) is 21.6 Å². The monoisotopic (exact) mass is 692 g/mol. The van der Waals surface area contributed by atoms with Gasteiger partial charge < -0.3 is 23.5 Å². The van der Waals surface area contributed by atoms with Gasteiger partial charge in [0.15, 0.2) is 0 Å². The molecule has 49 heavy (non-hydrogen) atoms. The molecule has 0 bridgehead atoms. The standard InChI is InChI=1S/C35H36N2O7.CH4O3S/c1-24(38)43-23-44-34(39)29-8-3-2-7-28(29)27-13-11-25(12-14-27)21-36-18-15-26(16-19-36)22-42-35(40)32-30-9-4-5-10-31(30)37-17-6-20-41-33(32)37;1-5(2,3)4/h2-5,7-14,26H,6,15-23H2,1H3;1H3,(H,2,3,4). The van der Waals surface area contributed by atoms with Crippen LogP contribution in [0.3, 0.4) is 0 Å². The quantitative estimate of drug-likeness (QED) is 0.138. The number of carbonyl (C=O) groups excluding carboxylic acids is 3. The molecule has 2 aliphatic rings. The summed E-state index contributed by atoms with van der Waals surface area (Å²) in [7, 11) is -3.67. The Morgan fingerprint density at radius 2 is 1.55 bits per heavy atom. The zero-order valence-electron chi connectivity index (χ0n) is 27.5. The number of fused-ring (bicyclic) bond motifs is 3. The summed E-state index contributed by atoms with van der Waals surface area (Å²) in [6, 6.07) is 23.3. The molecular formula is C36H40N2O10S. The average molecular weight is 693 g/mol. The topological polar surface area (TPSA) is 151 Å². The highest BCUT2D eigenvalue weighted by Gasteiger charge is 2.28. The number of rotatable bonds is 9. The summed E-state index contributed by atoms with van der Waals surface area (Å²) in [6.45, 7) is 5.37. The van der Waals surface area contributed by atoms with E-state index in [1.807, 2.05) is 48.5 Å². The molecule has 0 amide bonds. The fraction of sp³-hybridized carbons (Fsp3) is 0.361. The van der Waals surface area contributed by atoms with Crippen molar-refractivity contribution in [2.24, 2.45) is 5.92 Å². The Balaban J connectivity index is 0.000000874. The predicted molar refractivity (Wildman–Crippen MR) is 182 cm³/mol. The molecule has 1 aromatic heterocycles. The normalized spacial score (nSPS) is 14.9. The molecule has 4 aromatic rings. The fourth-order valence-electron chi connectivity index (χ4n) is 6.02.